The first-order valence-electron chi connectivity index (χ1n) is 5.73. The number of halogens is 4. The van der Waals surface area contributed by atoms with Crippen LogP contribution in [0.3, 0.4) is 0 Å². The summed E-state index contributed by atoms with van der Waals surface area (Å²) in [6.07, 6.45) is 2.53. The van der Waals surface area contributed by atoms with Crippen molar-refractivity contribution < 1.29 is 4.39 Å². The van der Waals surface area contributed by atoms with Crippen molar-refractivity contribution in [1.82, 2.24) is 25.7 Å². The van der Waals surface area contributed by atoms with Crippen LogP contribution in [-0.4, -0.2) is 19.5 Å². The molecule has 114 valence electrons. The second-order valence-corrected chi connectivity index (χ2v) is 5.13. The smallest absolute Gasteiger partial charge is 0.223 e. The molecule has 0 fully saturated rings. The van der Waals surface area contributed by atoms with Gasteiger partial charge in [-0.3, -0.25) is 4.57 Å². The molecule has 0 aliphatic heterocycles. The van der Waals surface area contributed by atoms with Gasteiger partial charge in [0.1, 0.15) is 12.0 Å². The van der Waals surface area contributed by atoms with E-state index in [1.54, 1.807) is 28.8 Å². The highest BCUT2D eigenvalue weighted by atomic mass is 35.5. The third kappa shape index (κ3) is 3.05. The van der Waals surface area contributed by atoms with Gasteiger partial charge in [0, 0.05) is 11.3 Å². The molecule has 0 atom stereocenters. The fourth-order valence-electron chi connectivity index (χ4n) is 1.82. The third-order valence-corrected chi connectivity index (χ3v) is 3.72. The summed E-state index contributed by atoms with van der Waals surface area (Å²) in [4.78, 5) is 11.4. The first-order valence-corrected chi connectivity index (χ1v) is 6.87. The molecule has 0 saturated carbocycles. The van der Waals surface area contributed by atoms with E-state index in [1.165, 1.54) is 6.33 Å². The predicted octanol–water partition coefficient (Wildman–Crippen LogP) is 4.59. The number of benzene rings is 1. The maximum atomic E-state index is 13.7. The van der Waals surface area contributed by atoms with Gasteiger partial charge in [-0.05, 0) is 23.7 Å². The summed E-state index contributed by atoms with van der Waals surface area (Å²) in [5.41, 5.74) is 1.45. The fourth-order valence-corrected chi connectivity index (χ4v) is 2.28. The van der Waals surface area contributed by atoms with Gasteiger partial charge >= 0.3 is 0 Å². The Labute approximate surface area is 140 Å². The van der Waals surface area contributed by atoms with Crippen molar-refractivity contribution in [2.75, 3.05) is 0 Å². The van der Waals surface area contributed by atoms with Crippen LogP contribution in [0.1, 0.15) is 0 Å². The molecular formula is C13H9Cl3FN5. The van der Waals surface area contributed by atoms with Crippen LogP contribution in [-0.2, 0) is 0 Å². The molecule has 0 radical (unpaired) electrons. The van der Waals surface area contributed by atoms with Crippen molar-refractivity contribution in [2.24, 2.45) is 0 Å². The molecule has 9 heteroatoms. The van der Waals surface area contributed by atoms with Crippen LogP contribution < -0.4 is 6.15 Å². The SMILES string of the molecule is Fc1cnc(Cl)nc1-c1ccc(-n2cnc(Cl)c2Cl)cc1.N. The lowest BCUT2D eigenvalue weighted by atomic mass is 10.1. The van der Waals surface area contributed by atoms with Crippen molar-refractivity contribution in [1.29, 1.82) is 0 Å². The number of rotatable bonds is 2. The van der Waals surface area contributed by atoms with E-state index in [0.717, 1.165) is 11.9 Å². The lowest BCUT2D eigenvalue weighted by Gasteiger charge is -2.06. The Morgan fingerprint density at radius 2 is 1.68 bits per heavy atom. The quantitative estimate of drug-likeness (QED) is 0.678. The van der Waals surface area contributed by atoms with Gasteiger partial charge in [0.2, 0.25) is 5.28 Å². The van der Waals surface area contributed by atoms with E-state index in [9.17, 15) is 4.39 Å². The van der Waals surface area contributed by atoms with Crippen molar-refractivity contribution in [3.63, 3.8) is 0 Å². The van der Waals surface area contributed by atoms with E-state index in [2.05, 4.69) is 15.0 Å². The van der Waals surface area contributed by atoms with Crippen molar-refractivity contribution in [3.05, 3.63) is 58.2 Å². The fraction of sp³-hybridized carbons (Fsp3) is 0. The second kappa shape index (κ2) is 6.58. The Hall–Kier alpha value is -1.73. The zero-order valence-electron chi connectivity index (χ0n) is 11.0. The highest BCUT2D eigenvalue weighted by molar-refractivity contribution is 6.40. The molecule has 2 aromatic heterocycles. The molecule has 5 nitrogen and oxygen atoms in total. The van der Waals surface area contributed by atoms with Gasteiger partial charge in [-0.25, -0.2) is 19.3 Å². The maximum Gasteiger partial charge on any atom is 0.223 e. The van der Waals surface area contributed by atoms with Gasteiger partial charge in [-0.2, -0.15) is 0 Å². The summed E-state index contributed by atoms with van der Waals surface area (Å²) < 4.78 is 15.3. The van der Waals surface area contributed by atoms with Crippen LogP contribution in [0.25, 0.3) is 16.9 Å². The molecule has 0 bridgehead atoms. The summed E-state index contributed by atoms with van der Waals surface area (Å²) in [5.74, 6) is -0.546. The first kappa shape index (κ1) is 16.6. The largest absolute Gasteiger partial charge is 0.344 e. The monoisotopic (exact) mass is 359 g/mol. The Morgan fingerprint density at radius 1 is 1.00 bits per heavy atom. The Bertz CT molecular complexity index is 804. The van der Waals surface area contributed by atoms with Gasteiger partial charge in [-0.1, -0.05) is 35.3 Å². The Kier molecular flexibility index (Phi) is 4.97. The minimum atomic E-state index is -0.546. The zero-order chi connectivity index (χ0) is 15.0. The van der Waals surface area contributed by atoms with Crippen LogP contribution in [0.15, 0.2) is 36.8 Å². The van der Waals surface area contributed by atoms with E-state index >= 15 is 0 Å². The van der Waals surface area contributed by atoms with Gasteiger partial charge in [0.05, 0.1) is 6.20 Å². The van der Waals surface area contributed by atoms with Gasteiger partial charge < -0.3 is 6.15 Å². The predicted molar refractivity (Wildman–Crippen MR) is 84.6 cm³/mol. The van der Waals surface area contributed by atoms with Crippen molar-refractivity contribution in [2.45, 2.75) is 0 Å². The molecule has 3 aromatic rings. The zero-order valence-corrected chi connectivity index (χ0v) is 13.2. The summed E-state index contributed by atoms with van der Waals surface area (Å²) in [6.45, 7) is 0. The standard InChI is InChI=1S/C13H6Cl3FN4.H3N/c14-11-12(15)21(6-19-11)8-3-1-7(2-4-8)10-9(17)5-18-13(16)20-10;/h1-6H;1H3. The molecule has 0 spiro atoms. The molecular weight excluding hydrogens is 352 g/mol. The lowest BCUT2D eigenvalue weighted by Crippen LogP contribution is -1.95. The number of imidazole rings is 1. The third-order valence-electron chi connectivity index (χ3n) is 2.80. The van der Waals surface area contributed by atoms with Crippen LogP contribution in [0.4, 0.5) is 4.39 Å². The van der Waals surface area contributed by atoms with E-state index in [0.29, 0.717) is 10.7 Å². The van der Waals surface area contributed by atoms with Crippen molar-refractivity contribution in [3.8, 4) is 16.9 Å². The normalized spacial score (nSPS) is 10.4. The Balaban J connectivity index is 0.00000176. The number of hydrogen-bond donors (Lipinski definition) is 1. The molecule has 0 amide bonds. The summed E-state index contributed by atoms with van der Waals surface area (Å²) in [5, 5.41) is 0.509. The van der Waals surface area contributed by atoms with Gasteiger partial charge in [0.25, 0.3) is 0 Å². The molecule has 22 heavy (non-hydrogen) atoms. The molecule has 0 unspecified atom stereocenters. The highest BCUT2D eigenvalue weighted by Crippen LogP contribution is 2.26. The van der Waals surface area contributed by atoms with Gasteiger partial charge in [0.15, 0.2) is 16.1 Å². The van der Waals surface area contributed by atoms with Crippen LogP contribution >= 0.6 is 34.8 Å². The number of hydrogen-bond acceptors (Lipinski definition) is 4. The van der Waals surface area contributed by atoms with E-state index in [-0.39, 0.29) is 22.3 Å². The average Bonchev–Trinajstić information content (AvgIpc) is 2.82. The van der Waals surface area contributed by atoms with E-state index in [4.69, 9.17) is 34.8 Å². The van der Waals surface area contributed by atoms with E-state index < -0.39 is 5.82 Å². The number of nitrogens with zero attached hydrogens (tertiary/aromatic N) is 4. The lowest BCUT2D eigenvalue weighted by molar-refractivity contribution is 0.618. The summed E-state index contributed by atoms with van der Waals surface area (Å²) >= 11 is 17.5. The minimum Gasteiger partial charge on any atom is -0.344 e. The highest BCUT2D eigenvalue weighted by Gasteiger charge is 2.11. The second-order valence-electron chi connectivity index (χ2n) is 4.08. The van der Waals surface area contributed by atoms with Gasteiger partial charge in [-0.15, -0.1) is 0 Å². The number of aromatic nitrogens is 4. The Morgan fingerprint density at radius 3 is 2.27 bits per heavy atom. The molecule has 3 N–H and O–H groups in total. The minimum absolute atomic E-state index is 0. The average molecular weight is 361 g/mol. The van der Waals surface area contributed by atoms with Crippen molar-refractivity contribution >= 4 is 34.8 Å². The summed E-state index contributed by atoms with van der Waals surface area (Å²) in [7, 11) is 0. The molecule has 3 rings (SSSR count). The topological polar surface area (TPSA) is 78.6 Å². The maximum absolute atomic E-state index is 13.7. The van der Waals surface area contributed by atoms with E-state index in [1.807, 2.05) is 0 Å². The molecule has 0 saturated heterocycles. The molecule has 0 aliphatic rings. The van der Waals surface area contributed by atoms with Crippen LogP contribution in [0, 0.1) is 5.82 Å². The van der Waals surface area contributed by atoms with Crippen LogP contribution in [0.2, 0.25) is 15.6 Å². The summed E-state index contributed by atoms with van der Waals surface area (Å²) in [6, 6.07) is 6.88. The molecule has 0 aliphatic carbocycles. The molecule has 1 aromatic carbocycles. The first-order chi connectivity index (χ1) is 10.1. The van der Waals surface area contributed by atoms with Crippen LogP contribution in [0.5, 0.6) is 0 Å². The molecule has 2 heterocycles.